The van der Waals surface area contributed by atoms with Gasteiger partial charge >= 0.3 is 5.97 Å². The predicted octanol–water partition coefficient (Wildman–Crippen LogP) is 4.63. The first-order chi connectivity index (χ1) is 20.0. The summed E-state index contributed by atoms with van der Waals surface area (Å²) in [7, 11) is 1.66. The van der Waals surface area contributed by atoms with Crippen LogP contribution in [0.2, 0.25) is 0 Å². The van der Waals surface area contributed by atoms with Crippen molar-refractivity contribution in [1.29, 1.82) is 0 Å². The van der Waals surface area contributed by atoms with Crippen LogP contribution in [-0.2, 0) is 16.0 Å². The van der Waals surface area contributed by atoms with Gasteiger partial charge in [0, 0.05) is 38.1 Å². The highest BCUT2D eigenvalue weighted by Crippen LogP contribution is 2.43. The van der Waals surface area contributed by atoms with E-state index in [1.54, 1.807) is 7.11 Å². The number of nitrogens with zero attached hydrogens (tertiary/aromatic N) is 3. The summed E-state index contributed by atoms with van der Waals surface area (Å²) < 4.78 is 16.6. The van der Waals surface area contributed by atoms with E-state index < -0.39 is 11.9 Å². The van der Waals surface area contributed by atoms with Crippen LogP contribution in [0.5, 0.6) is 17.2 Å². The van der Waals surface area contributed by atoms with Crippen molar-refractivity contribution < 1.29 is 28.9 Å². The molecule has 1 saturated heterocycles. The number of hydrogen-bond acceptors (Lipinski definition) is 7. The molecule has 1 N–H and O–H groups in total. The highest BCUT2D eigenvalue weighted by atomic mass is 16.7. The number of ether oxygens (including phenoxy) is 3. The Hall–Kier alpha value is -3.59. The van der Waals surface area contributed by atoms with Gasteiger partial charge in [-0.25, -0.2) is 0 Å². The van der Waals surface area contributed by atoms with E-state index in [1.807, 2.05) is 47.4 Å². The lowest BCUT2D eigenvalue weighted by Gasteiger charge is -2.30. The molecule has 1 fully saturated rings. The first kappa shape index (κ1) is 30.4. The Bertz CT molecular complexity index is 1190. The number of carboxylic acid groups (broad SMARTS) is 1. The third kappa shape index (κ3) is 7.58. The molecule has 3 atom stereocenters. The lowest BCUT2D eigenvalue weighted by atomic mass is 9.83. The second-order valence-electron chi connectivity index (χ2n) is 10.8. The fourth-order valence-electron chi connectivity index (χ4n) is 6.10. The summed E-state index contributed by atoms with van der Waals surface area (Å²) in [5.41, 5.74) is 1.99. The lowest BCUT2D eigenvalue weighted by Crippen LogP contribution is -2.44. The molecule has 0 aliphatic carbocycles. The van der Waals surface area contributed by atoms with E-state index in [4.69, 9.17) is 14.2 Å². The molecule has 9 nitrogen and oxygen atoms in total. The summed E-state index contributed by atoms with van der Waals surface area (Å²) in [6, 6.07) is 13.3. The van der Waals surface area contributed by atoms with Crippen molar-refractivity contribution >= 4 is 18.6 Å². The summed E-state index contributed by atoms with van der Waals surface area (Å²) in [6.45, 7) is 8.42. The normalized spacial score (nSPS) is 19.7. The minimum absolute atomic E-state index is 0.0349. The number of rotatable bonds is 16. The maximum absolute atomic E-state index is 13.6. The van der Waals surface area contributed by atoms with Crippen LogP contribution in [-0.4, -0.2) is 86.2 Å². The Balaban J connectivity index is 1.56. The lowest BCUT2D eigenvalue weighted by molar-refractivity contribution is -0.143. The molecule has 2 aromatic carbocycles. The monoisotopic (exact) mass is 565 g/mol. The number of carbonyl (C=O) groups excluding carboxylic acids is 1. The van der Waals surface area contributed by atoms with E-state index in [9.17, 15) is 14.7 Å². The smallest absolute Gasteiger partial charge is 0.308 e. The zero-order valence-electron chi connectivity index (χ0n) is 24.3. The first-order valence-corrected chi connectivity index (χ1v) is 14.6. The highest BCUT2D eigenvalue weighted by Gasteiger charge is 2.47. The molecule has 2 aliphatic heterocycles. The minimum Gasteiger partial charge on any atom is -0.496 e. The number of aliphatic imine (C=N–C) groups is 1. The molecular formula is C32H43N3O6. The van der Waals surface area contributed by atoms with Crippen LogP contribution < -0.4 is 14.2 Å². The number of benzene rings is 2. The summed E-state index contributed by atoms with van der Waals surface area (Å²) >= 11 is 0. The number of carbonyl (C=O) groups is 2. The molecule has 4 rings (SSSR count). The number of aryl methyl sites for hydroxylation is 1. The van der Waals surface area contributed by atoms with E-state index in [0.717, 1.165) is 49.0 Å². The van der Waals surface area contributed by atoms with Crippen LogP contribution in [0.25, 0.3) is 0 Å². The Kier molecular flexibility index (Phi) is 11.0. The SMILES string of the molecule is C=NCCCN(CCCC)C(=O)CN1C[C@H](c2ccc3c(c2)OCO3)[C@@H](C(=O)O)[C@@H]1CCCc1ccccc1OC. The number of methoxy groups -OCH3 is 1. The van der Waals surface area contributed by atoms with Crippen molar-refractivity contribution in [1.82, 2.24) is 9.80 Å². The molecule has 2 aromatic rings. The molecule has 2 aliphatic rings. The van der Waals surface area contributed by atoms with Gasteiger partial charge in [0.15, 0.2) is 11.5 Å². The van der Waals surface area contributed by atoms with Crippen LogP contribution in [0.1, 0.15) is 56.1 Å². The van der Waals surface area contributed by atoms with Crippen LogP contribution in [0, 0.1) is 5.92 Å². The fourth-order valence-corrected chi connectivity index (χ4v) is 6.10. The molecule has 9 heteroatoms. The zero-order valence-corrected chi connectivity index (χ0v) is 24.3. The van der Waals surface area contributed by atoms with Gasteiger partial charge in [-0.2, -0.15) is 0 Å². The summed E-state index contributed by atoms with van der Waals surface area (Å²) in [6.07, 6.45) is 4.87. The molecule has 0 unspecified atom stereocenters. The number of unbranched alkanes of at least 4 members (excludes halogenated alkanes) is 1. The Labute approximate surface area is 243 Å². The van der Waals surface area contributed by atoms with Crippen molar-refractivity contribution in [3.63, 3.8) is 0 Å². The fraction of sp³-hybridized carbons (Fsp3) is 0.531. The molecule has 41 heavy (non-hydrogen) atoms. The third-order valence-electron chi connectivity index (χ3n) is 8.21. The largest absolute Gasteiger partial charge is 0.496 e. The average Bonchev–Trinajstić information content (AvgIpc) is 3.59. The number of likely N-dealkylation sites (tertiary alicyclic amines) is 1. The van der Waals surface area contributed by atoms with E-state index in [-0.39, 0.29) is 31.2 Å². The predicted molar refractivity (Wildman–Crippen MR) is 158 cm³/mol. The quantitative estimate of drug-likeness (QED) is 0.234. The van der Waals surface area contributed by atoms with Gasteiger partial charge in [0.05, 0.1) is 19.6 Å². The number of carboxylic acids is 1. The molecule has 0 saturated carbocycles. The summed E-state index contributed by atoms with van der Waals surface area (Å²) in [4.78, 5) is 34.4. The zero-order chi connectivity index (χ0) is 29.2. The highest BCUT2D eigenvalue weighted by molar-refractivity contribution is 5.79. The van der Waals surface area contributed by atoms with E-state index >= 15 is 0 Å². The van der Waals surface area contributed by atoms with Crippen molar-refractivity contribution in [3.8, 4) is 17.2 Å². The van der Waals surface area contributed by atoms with Gasteiger partial charge in [0.1, 0.15) is 5.75 Å². The molecule has 1 amide bonds. The van der Waals surface area contributed by atoms with Gasteiger partial charge in [0.25, 0.3) is 0 Å². The molecule has 2 heterocycles. The molecule has 0 radical (unpaired) electrons. The van der Waals surface area contributed by atoms with E-state index in [1.165, 1.54) is 0 Å². The second kappa shape index (κ2) is 14.9. The number of aliphatic carboxylic acids is 1. The summed E-state index contributed by atoms with van der Waals surface area (Å²) in [5, 5.41) is 10.5. The average molecular weight is 566 g/mol. The van der Waals surface area contributed by atoms with Crippen molar-refractivity contribution in [2.75, 3.05) is 46.6 Å². The maximum Gasteiger partial charge on any atom is 0.308 e. The number of hydrogen-bond donors (Lipinski definition) is 1. The van der Waals surface area contributed by atoms with E-state index in [0.29, 0.717) is 44.1 Å². The molecule has 222 valence electrons. The van der Waals surface area contributed by atoms with Crippen LogP contribution >= 0.6 is 0 Å². The number of para-hydroxylation sites is 1. The van der Waals surface area contributed by atoms with Crippen molar-refractivity contribution in [3.05, 3.63) is 53.6 Å². The topological polar surface area (TPSA) is 101 Å². The van der Waals surface area contributed by atoms with Crippen LogP contribution in [0.15, 0.2) is 47.5 Å². The maximum atomic E-state index is 13.6. The molecular weight excluding hydrogens is 522 g/mol. The molecule has 0 spiro atoms. The van der Waals surface area contributed by atoms with E-state index in [2.05, 4.69) is 23.5 Å². The number of amides is 1. The minimum atomic E-state index is -0.843. The van der Waals surface area contributed by atoms with Crippen LogP contribution in [0.4, 0.5) is 0 Å². The molecule has 0 aromatic heterocycles. The van der Waals surface area contributed by atoms with Gasteiger partial charge in [-0.1, -0.05) is 37.6 Å². The van der Waals surface area contributed by atoms with Gasteiger partial charge in [-0.15, -0.1) is 0 Å². The van der Waals surface area contributed by atoms with Gasteiger partial charge in [-0.3, -0.25) is 14.5 Å². The van der Waals surface area contributed by atoms with Gasteiger partial charge in [-0.05, 0) is 68.1 Å². The van der Waals surface area contributed by atoms with Gasteiger partial charge in [0.2, 0.25) is 12.7 Å². The molecule has 0 bridgehead atoms. The van der Waals surface area contributed by atoms with Crippen LogP contribution in [0.3, 0.4) is 0 Å². The Morgan fingerprint density at radius 2 is 1.90 bits per heavy atom. The Morgan fingerprint density at radius 1 is 1.12 bits per heavy atom. The van der Waals surface area contributed by atoms with Gasteiger partial charge < -0.3 is 29.2 Å². The first-order valence-electron chi connectivity index (χ1n) is 14.6. The Morgan fingerprint density at radius 3 is 2.66 bits per heavy atom. The third-order valence-corrected chi connectivity index (χ3v) is 8.21. The second-order valence-corrected chi connectivity index (χ2v) is 10.8. The van der Waals surface area contributed by atoms with Crippen molar-refractivity contribution in [2.45, 2.75) is 57.4 Å². The van der Waals surface area contributed by atoms with Crippen molar-refractivity contribution in [2.24, 2.45) is 10.9 Å². The number of fused-ring (bicyclic) bond motifs is 1. The standard InChI is InChI=1S/C32H43N3O6/c1-4-5-17-34(18-9-16-33-2)30(36)21-35-20-25(24-14-15-28-29(19-24)41-22-40-28)31(32(37)38)26(35)12-8-11-23-10-6-7-13-27(23)39-3/h6-7,10,13-15,19,25-26,31H,2,4-5,8-9,11-12,16-18,20-22H2,1,3H3,(H,37,38)/t25-,26+,31-/m1/s1. The summed E-state index contributed by atoms with van der Waals surface area (Å²) in [5.74, 6) is 0.391.